The lowest BCUT2D eigenvalue weighted by molar-refractivity contribution is 0.591. The Balaban J connectivity index is 1.01. The predicted octanol–water partition coefficient (Wildman–Crippen LogP) is 20.9. The third-order valence-electron chi connectivity index (χ3n) is 16.7. The van der Waals surface area contributed by atoms with Crippen LogP contribution in [0.5, 0.6) is 0 Å². The van der Waals surface area contributed by atoms with Crippen LogP contribution in [0.1, 0.15) is 52.7 Å². The Morgan fingerprint density at radius 2 is 0.603 bits per heavy atom. The molecular formula is C74H58N4. The van der Waals surface area contributed by atoms with Gasteiger partial charge in [0.05, 0.1) is 44.5 Å². The van der Waals surface area contributed by atoms with Crippen molar-refractivity contribution in [2.75, 3.05) is 9.80 Å². The van der Waals surface area contributed by atoms with Crippen LogP contribution in [-0.4, -0.2) is 8.80 Å². The predicted molar refractivity (Wildman–Crippen MR) is 333 cm³/mol. The molecule has 0 saturated heterocycles. The zero-order chi connectivity index (χ0) is 52.6. The second kappa shape index (κ2) is 17.1. The molecule has 0 amide bonds. The van der Waals surface area contributed by atoms with Gasteiger partial charge in [0, 0.05) is 65.8 Å². The van der Waals surface area contributed by atoms with E-state index in [4.69, 9.17) is 0 Å². The third kappa shape index (κ3) is 6.99. The molecule has 11 aromatic carbocycles. The average molecular weight is 1000 g/mol. The van der Waals surface area contributed by atoms with E-state index in [2.05, 4.69) is 303 Å². The van der Waals surface area contributed by atoms with Crippen LogP contribution in [0, 0.1) is 0 Å². The van der Waals surface area contributed by atoms with Crippen molar-refractivity contribution in [3.05, 3.63) is 254 Å². The zero-order valence-corrected chi connectivity index (χ0v) is 44.9. The number of fused-ring (bicyclic) bond motifs is 12. The Bertz CT molecular complexity index is 4440. The van der Waals surface area contributed by atoms with Crippen LogP contribution < -0.4 is 9.80 Å². The number of anilines is 6. The lowest BCUT2D eigenvalue weighted by Gasteiger charge is -2.27. The summed E-state index contributed by atoms with van der Waals surface area (Å²) in [5.41, 5.74) is 21.5. The molecular weight excluding hydrogens is 945 g/mol. The molecule has 78 heavy (non-hydrogen) atoms. The second-order valence-electron chi connectivity index (χ2n) is 23.4. The minimum Gasteiger partial charge on any atom is -0.310 e. The van der Waals surface area contributed by atoms with Crippen LogP contribution in [0.15, 0.2) is 243 Å². The number of hydrogen-bond donors (Lipinski definition) is 0. The van der Waals surface area contributed by atoms with Crippen molar-refractivity contribution in [1.29, 1.82) is 0 Å². The standard InChI is InChI=1S/C74H58N4/c1-73(2,3)51-31-39-63-61(43-51)69-65(75(53-23-15-9-16-24-53)55-33-27-49(28-34-55)47-19-11-7-12-20-47)41-37-57-59-46-68-60(45-67(59)77(63)71(57)69)58-38-42-66(70-62-44-52(74(4,5)6)32-40-64(62)78(68)72(58)70)76(54-25-17-10-18-26-54)56-35-29-50(30-36-56)48-21-13-8-14-22-48/h7-46H,1-6H3. The molecule has 0 aliphatic carbocycles. The Kier molecular flexibility index (Phi) is 10.1. The van der Waals surface area contributed by atoms with Crippen LogP contribution >= 0.6 is 0 Å². The van der Waals surface area contributed by atoms with Gasteiger partial charge in [-0.25, -0.2) is 0 Å². The van der Waals surface area contributed by atoms with Gasteiger partial charge in [0.1, 0.15) is 0 Å². The normalized spacial score (nSPS) is 12.5. The summed E-state index contributed by atoms with van der Waals surface area (Å²) >= 11 is 0. The zero-order valence-electron chi connectivity index (χ0n) is 44.9. The van der Waals surface area contributed by atoms with E-state index in [9.17, 15) is 0 Å². The second-order valence-corrected chi connectivity index (χ2v) is 23.4. The van der Waals surface area contributed by atoms with Crippen LogP contribution in [0.2, 0.25) is 0 Å². The van der Waals surface area contributed by atoms with Gasteiger partial charge in [-0.15, -0.1) is 0 Å². The summed E-state index contributed by atoms with van der Waals surface area (Å²) < 4.78 is 5.16. The summed E-state index contributed by atoms with van der Waals surface area (Å²) in [6.07, 6.45) is 0. The maximum absolute atomic E-state index is 2.58. The highest BCUT2D eigenvalue weighted by atomic mass is 15.2. The fourth-order valence-electron chi connectivity index (χ4n) is 12.8. The van der Waals surface area contributed by atoms with Crippen LogP contribution in [-0.2, 0) is 10.8 Å². The lowest BCUT2D eigenvalue weighted by Crippen LogP contribution is -2.11. The monoisotopic (exact) mass is 1000 g/mol. The summed E-state index contributed by atoms with van der Waals surface area (Å²) in [4.78, 5) is 4.92. The minimum atomic E-state index is -0.0429. The van der Waals surface area contributed by atoms with Gasteiger partial charge < -0.3 is 18.6 Å². The van der Waals surface area contributed by atoms with Gasteiger partial charge in [0.15, 0.2) is 0 Å². The summed E-state index contributed by atoms with van der Waals surface area (Å²) in [6.45, 7) is 13.9. The molecule has 0 N–H and O–H groups in total. The topological polar surface area (TPSA) is 15.3 Å². The first-order valence-corrected chi connectivity index (χ1v) is 27.4. The first kappa shape index (κ1) is 46.0. The van der Waals surface area contributed by atoms with E-state index in [-0.39, 0.29) is 10.8 Å². The third-order valence-corrected chi connectivity index (χ3v) is 16.7. The van der Waals surface area contributed by atoms with Crippen molar-refractivity contribution >= 4 is 110 Å². The number of aromatic nitrogens is 2. The van der Waals surface area contributed by atoms with Crippen molar-refractivity contribution in [2.24, 2.45) is 0 Å². The Hall–Kier alpha value is -9.38. The Labute approximate surface area is 454 Å². The highest BCUT2D eigenvalue weighted by molar-refractivity contribution is 6.32. The van der Waals surface area contributed by atoms with Crippen molar-refractivity contribution in [3.63, 3.8) is 0 Å². The molecule has 0 fully saturated rings. The van der Waals surface area contributed by atoms with Gasteiger partial charge in [-0.2, -0.15) is 0 Å². The van der Waals surface area contributed by atoms with Crippen LogP contribution in [0.25, 0.3) is 98.4 Å². The molecule has 0 spiro atoms. The van der Waals surface area contributed by atoms with Crippen LogP contribution in [0.3, 0.4) is 0 Å². The van der Waals surface area contributed by atoms with E-state index in [1.807, 2.05) is 0 Å². The van der Waals surface area contributed by atoms with E-state index in [1.165, 1.54) is 110 Å². The van der Waals surface area contributed by atoms with E-state index >= 15 is 0 Å². The molecule has 0 aliphatic heterocycles. The van der Waals surface area contributed by atoms with E-state index in [1.54, 1.807) is 0 Å². The molecule has 0 aliphatic rings. The molecule has 4 aromatic heterocycles. The molecule has 0 unspecified atom stereocenters. The van der Waals surface area contributed by atoms with Crippen molar-refractivity contribution in [3.8, 4) is 22.3 Å². The fourth-order valence-corrected chi connectivity index (χ4v) is 12.8. The van der Waals surface area contributed by atoms with Gasteiger partial charge in [0.25, 0.3) is 0 Å². The fraction of sp³-hybridized carbons (Fsp3) is 0.108. The number of hydrogen-bond acceptors (Lipinski definition) is 2. The van der Waals surface area contributed by atoms with Crippen molar-refractivity contribution in [2.45, 2.75) is 52.4 Å². The summed E-state index contributed by atoms with van der Waals surface area (Å²) in [5.74, 6) is 0. The average Bonchev–Trinajstić information content (AvgIpc) is 4.24. The molecule has 4 heterocycles. The summed E-state index contributed by atoms with van der Waals surface area (Å²) in [5, 5.41) is 10.0. The maximum atomic E-state index is 2.58. The number of para-hydroxylation sites is 2. The largest absolute Gasteiger partial charge is 0.310 e. The van der Waals surface area contributed by atoms with Crippen molar-refractivity contribution in [1.82, 2.24) is 8.80 Å². The molecule has 0 saturated carbocycles. The van der Waals surface area contributed by atoms with Gasteiger partial charge in [-0.05, 0) is 141 Å². The number of nitrogens with zero attached hydrogens (tertiary/aromatic N) is 4. The first-order chi connectivity index (χ1) is 38.0. The van der Waals surface area contributed by atoms with Crippen LogP contribution in [0.4, 0.5) is 34.1 Å². The van der Waals surface area contributed by atoms with Gasteiger partial charge in [-0.1, -0.05) is 187 Å². The maximum Gasteiger partial charge on any atom is 0.0641 e. The molecule has 0 atom stereocenters. The number of rotatable bonds is 8. The highest BCUT2D eigenvalue weighted by Gasteiger charge is 2.30. The molecule has 4 heteroatoms. The van der Waals surface area contributed by atoms with Gasteiger partial charge in [-0.3, -0.25) is 0 Å². The van der Waals surface area contributed by atoms with E-state index in [0.29, 0.717) is 0 Å². The van der Waals surface area contributed by atoms with Crippen molar-refractivity contribution < 1.29 is 0 Å². The van der Waals surface area contributed by atoms with E-state index < -0.39 is 0 Å². The molecule has 0 radical (unpaired) electrons. The Morgan fingerprint density at radius 3 is 0.962 bits per heavy atom. The molecule has 0 bridgehead atoms. The summed E-state index contributed by atoms with van der Waals surface area (Å²) in [7, 11) is 0. The summed E-state index contributed by atoms with van der Waals surface area (Å²) in [6, 6.07) is 90.3. The Morgan fingerprint density at radius 1 is 0.269 bits per heavy atom. The lowest BCUT2D eigenvalue weighted by atomic mass is 9.86. The van der Waals surface area contributed by atoms with Gasteiger partial charge in [0.2, 0.25) is 0 Å². The number of benzene rings is 11. The smallest absolute Gasteiger partial charge is 0.0641 e. The first-order valence-electron chi connectivity index (χ1n) is 27.4. The SMILES string of the molecule is CC(C)(C)c1ccc2c(c1)c1c(N(c3ccccc3)c3ccc(-c4ccccc4)cc3)ccc3c4cc5c(cc4n2c31)c1ccc(N(c2ccccc2)c2ccc(-c3ccccc3)cc2)c2c3cc(C(C)(C)C)ccc3n5c12. The molecule has 15 aromatic rings. The minimum absolute atomic E-state index is 0.0429. The quantitative estimate of drug-likeness (QED) is 0.151. The molecule has 15 rings (SSSR count). The molecule has 374 valence electrons. The molecule has 4 nitrogen and oxygen atoms in total. The van der Waals surface area contributed by atoms with Gasteiger partial charge >= 0.3 is 0 Å². The highest BCUT2D eigenvalue weighted by Crippen LogP contribution is 2.52. The van der Waals surface area contributed by atoms with E-state index in [0.717, 1.165) is 34.1 Å².